The lowest BCUT2D eigenvalue weighted by atomic mass is 9.45. The predicted octanol–water partition coefficient (Wildman–Crippen LogP) is 4.41. The molecular weight excluding hydrogens is 296 g/mol. The molecule has 0 aliphatic heterocycles. The first-order chi connectivity index (χ1) is 11.3. The molecule has 0 spiro atoms. The Bertz CT molecular complexity index is 551. The van der Waals surface area contributed by atoms with Crippen molar-refractivity contribution in [3.63, 3.8) is 0 Å². The number of rotatable bonds is 1. The topological polar surface area (TPSA) is 29.5 Å². The maximum atomic E-state index is 10.8. The summed E-state index contributed by atoms with van der Waals surface area (Å²) in [5, 5.41) is 10.8. The van der Waals surface area contributed by atoms with Crippen molar-refractivity contribution in [1.29, 1.82) is 0 Å². The summed E-state index contributed by atoms with van der Waals surface area (Å²) < 4.78 is 5.69. The zero-order chi connectivity index (χ0) is 17.2. The van der Waals surface area contributed by atoms with E-state index in [0.29, 0.717) is 17.4 Å². The number of fused-ring (bicyclic) bond motifs is 5. The van der Waals surface area contributed by atoms with Gasteiger partial charge in [-0.15, -0.1) is 6.42 Å². The molecule has 24 heavy (non-hydrogen) atoms. The van der Waals surface area contributed by atoms with E-state index in [4.69, 9.17) is 11.2 Å². The zero-order valence-corrected chi connectivity index (χ0v) is 15.7. The SMILES string of the molecule is C#C[C@@]1(O)C[C@H]2[C@@H]3CC[C@H]4C[C@@H](OC)CC[C@]4(C)[C@H]3CC[C@]2(C)C1. The lowest BCUT2D eigenvalue weighted by Gasteiger charge is -2.60. The number of aliphatic hydroxyl groups is 1. The maximum absolute atomic E-state index is 10.8. The molecule has 0 aromatic rings. The first-order valence-electron chi connectivity index (χ1n) is 10.1. The van der Waals surface area contributed by atoms with Crippen LogP contribution in [0.25, 0.3) is 0 Å². The summed E-state index contributed by atoms with van der Waals surface area (Å²) >= 11 is 0. The van der Waals surface area contributed by atoms with Gasteiger partial charge in [0.15, 0.2) is 0 Å². The van der Waals surface area contributed by atoms with Crippen LogP contribution in [0.3, 0.4) is 0 Å². The summed E-state index contributed by atoms with van der Waals surface area (Å²) in [6.45, 7) is 4.98. The Labute approximate surface area is 147 Å². The van der Waals surface area contributed by atoms with Crippen molar-refractivity contribution in [2.24, 2.45) is 34.5 Å². The second-order valence-electron chi connectivity index (χ2n) is 10.0. The van der Waals surface area contributed by atoms with Crippen LogP contribution in [0.1, 0.15) is 71.6 Å². The molecule has 0 saturated heterocycles. The highest BCUT2D eigenvalue weighted by Crippen LogP contribution is 2.67. The third kappa shape index (κ3) is 2.31. The highest BCUT2D eigenvalue weighted by Gasteiger charge is 2.61. The molecule has 4 rings (SSSR count). The van der Waals surface area contributed by atoms with Crippen molar-refractivity contribution in [1.82, 2.24) is 0 Å². The fourth-order valence-electron chi connectivity index (χ4n) is 7.66. The molecule has 8 atom stereocenters. The van der Waals surface area contributed by atoms with Crippen LogP contribution in [-0.4, -0.2) is 23.9 Å². The molecule has 1 N–H and O–H groups in total. The van der Waals surface area contributed by atoms with Crippen molar-refractivity contribution < 1.29 is 9.84 Å². The van der Waals surface area contributed by atoms with Gasteiger partial charge in [-0.25, -0.2) is 0 Å². The van der Waals surface area contributed by atoms with Crippen molar-refractivity contribution in [3.05, 3.63) is 0 Å². The minimum absolute atomic E-state index is 0.259. The number of methoxy groups -OCH3 is 1. The van der Waals surface area contributed by atoms with Crippen LogP contribution in [0.2, 0.25) is 0 Å². The average Bonchev–Trinajstić information content (AvgIpc) is 2.85. The largest absolute Gasteiger partial charge is 0.381 e. The molecule has 134 valence electrons. The van der Waals surface area contributed by atoms with Crippen LogP contribution in [0.4, 0.5) is 0 Å². The quantitative estimate of drug-likeness (QED) is 0.722. The molecule has 2 heteroatoms. The van der Waals surface area contributed by atoms with E-state index >= 15 is 0 Å². The van der Waals surface area contributed by atoms with Gasteiger partial charge >= 0.3 is 0 Å². The summed E-state index contributed by atoms with van der Waals surface area (Å²) in [5.41, 5.74) is -0.106. The third-order valence-electron chi connectivity index (χ3n) is 8.99. The average molecular weight is 331 g/mol. The second-order valence-corrected chi connectivity index (χ2v) is 10.0. The maximum Gasteiger partial charge on any atom is 0.126 e. The van der Waals surface area contributed by atoms with Crippen LogP contribution in [0.15, 0.2) is 0 Å². The van der Waals surface area contributed by atoms with Gasteiger partial charge in [-0.3, -0.25) is 0 Å². The third-order valence-corrected chi connectivity index (χ3v) is 8.99. The van der Waals surface area contributed by atoms with Gasteiger partial charge in [0, 0.05) is 7.11 Å². The van der Waals surface area contributed by atoms with Gasteiger partial charge in [0.05, 0.1) is 6.10 Å². The highest BCUT2D eigenvalue weighted by molar-refractivity contribution is 5.19. The van der Waals surface area contributed by atoms with Gasteiger partial charge in [0.25, 0.3) is 0 Å². The van der Waals surface area contributed by atoms with E-state index in [1.807, 2.05) is 7.11 Å². The van der Waals surface area contributed by atoms with E-state index in [1.165, 1.54) is 44.9 Å². The van der Waals surface area contributed by atoms with Crippen LogP contribution in [-0.2, 0) is 4.74 Å². The Morgan fingerprint density at radius 1 is 1.08 bits per heavy atom. The highest BCUT2D eigenvalue weighted by atomic mass is 16.5. The van der Waals surface area contributed by atoms with Crippen molar-refractivity contribution in [2.75, 3.05) is 7.11 Å². The van der Waals surface area contributed by atoms with Gasteiger partial charge in [0.2, 0.25) is 0 Å². The monoisotopic (exact) mass is 330 g/mol. The standard InChI is InChI=1S/C22H34O2/c1-5-22(23)13-19-17-7-6-15-12-16(24-4)8-11-21(15,3)18(17)9-10-20(19,2)14-22/h1,15-19,23H,6-14H2,2-4H3/t15-,16-,17+,18-,19-,20+,21-,22+/m0/s1. The predicted molar refractivity (Wildman–Crippen MR) is 96.3 cm³/mol. The molecule has 0 aromatic carbocycles. The summed E-state index contributed by atoms with van der Waals surface area (Å²) in [4.78, 5) is 0. The zero-order valence-electron chi connectivity index (χ0n) is 15.7. The van der Waals surface area contributed by atoms with Gasteiger partial charge in [-0.05, 0) is 92.3 Å². The lowest BCUT2D eigenvalue weighted by molar-refractivity contribution is -0.125. The molecule has 0 aromatic heterocycles. The van der Waals surface area contributed by atoms with Crippen LogP contribution in [0, 0.1) is 46.8 Å². The molecule has 4 saturated carbocycles. The van der Waals surface area contributed by atoms with Gasteiger partial charge in [0.1, 0.15) is 5.60 Å². The fraction of sp³-hybridized carbons (Fsp3) is 0.909. The van der Waals surface area contributed by atoms with Crippen molar-refractivity contribution >= 4 is 0 Å². The van der Waals surface area contributed by atoms with Crippen LogP contribution < -0.4 is 0 Å². The van der Waals surface area contributed by atoms with Crippen molar-refractivity contribution in [2.45, 2.75) is 83.3 Å². The van der Waals surface area contributed by atoms with Gasteiger partial charge in [-0.1, -0.05) is 19.8 Å². The summed E-state index contributed by atoms with van der Waals surface area (Å²) in [6.07, 6.45) is 16.9. The fourth-order valence-corrected chi connectivity index (χ4v) is 7.66. The van der Waals surface area contributed by atoms with Crippen LogP contribution in [0.5, 0.6) is 0 Å². The Morgan fingerprint density at radius 3 is 2.58 bits per heavy atom. The van der Waals surface area contributed by atoms with E-state index in [9.17, 15) is 5.11 Å². The molecule has 0 bridgehead atoms. The molecule has 0 radical (unpaired) electrons. The summed E-state index contributed by atoms with van der Waals surface area (Å²) in [7, 11) is 1.88. The first-order valence-corrected chi connectivity index (χ1v) is 10.1. The van der Waals surface area contributed by atoms with Crippen LogP contribution >= 0.6 is 0 Å². The first kappa shape index (κ1) is 16.9. The molecular formula is C22H34O2. The molecule has 0 amide bonds. The Morgan fingerprint density at radius 2 is 1.88 bits per heavy atom. The molecule has 4 fully saturated rings. The van der Waals surface area contributed by atoms with Crippen molar-refractivity contribution in [3.8, 4) is 12.3 Å². The number of hydrogen-bond acceptors (Lipinski definition) is 2. The molecule has 0 unspecified atom stereocenters. The minimum Gasteiger partial charge on any atom is -0.381 e. The van der Waals surface area contributed by atoms with E-state index in [2.05, 4.69) is 19.8 Å². The normalized spacial score (nSPS) is 56.7. The van der Waals surface area contributed by atoms with E-state index < -0.39 is 5.60 Å². The molecule has 0 heterocycles. The van der Waals surface area contributed by atoms with E-state index in [0.717, 1.165) is 30.6 Å². The molecule has 4 aliphatic rings. The lowest BCUT2D eigenvalue weighted by Crippen LogP contribution is -2.53. The van der Waals surface area contributed by atoms with E-state index in [1.54, 1.807) is 0 Å². The smallest absolute Gasteiger partial charge is 0.126 e. The Kier molecular flexibility index (Phi) is 3.87. The second kappa shape index (κ2) is 5.49. The van der Waals surface area contributed by atoms with E-state index in [-0.39, 0.29) is 5.41 Å². The number of terminal acetylenes is 1. The number of hydrogen-bond donors (Lipinski definition) is 1. The van der Waals surface area contributed by atoms with Gasteiger partial charge < -0.3 is 9.84 Å². The minimum atomic E-state index is -0.847. The van der Waals surface area contributed by atoms with Gasteiger partial charge in [-0.2, -0.15) is 0 Å². The Hall–Kier alpha value is -0.520. The summed E-state index contributed by atoms with van der Waals surface area (Å²) in [5.74, 6) is 5.78. The number of ether oxygens (including phenoxy) is 1. The Balaban J connectivity index is 1.60. The summed E-state index contributed by atoms with van der Waals surface area (Å²) in [6, 6.07) is 0. The molecule has 4 aliphatic carbocycles. The molecule has 2 nitrogen and oxygen atoms in total.